The van der Waals surface area contributed by atoms with Gasteiger partial charge in [-0.1, -0.05) is 0 Å². The number of rotatable bonds is 6. The maximum Gasteiger partial charge on any atom is 0.193 e. The minimum atomic E-state index is 0. The van der Waals surface area contributed by atoms with Crippen molar-refractivity contribution in [3.63, 3.8) is 0 Å². The van der Waals surface area contributed by atoms with Crippen molar-refractivity contribution in [2.45, 2.75) is 38.3 Å². The molecule has 0 aromatic rings. The van der Waals surface area contributed by atoms with Crippen LogP contribution in [0.1, 0.15) is 26.2 Å². The highest BCUT2D eigenvalue weighted by Crippen LogP contribution is 2.26. The molecule has 0 amide bonds. The van der Waals surface area contributed by atoms with Crippen LogP contribution in [-0.2, 0) is 4.74 Å². The SMILES string of the molecule is CN=C(NCC(C)N(C)C1CC1)N1CCC(COC)C1.I. The van der Waals surface area contributed by atoms with E-state index in [4.69, 9.17) is 4.74 Å². The molecule has 5 nitrogen and oxygen atoms in total. The second kappa shape index (κ2) is 9.15. The Kier molecular flexibility index (Phi) is 8.26. The highest BCUT2D eigenvalue weighted by Gasteiger charge is 2.29. The van der Waals surface area contributed by atoms with Crippen LogP contribution in [0.2, 0.25) is 0 Å². The van der Waals surface area contributed by atoms with Crippen LogP contribution < -0.4 is 5.32 Å². The van der Waals surface area contributed by atoms with Crippen LogP contribution in [0, 0.1) is 5.92 Å². The van der Waals surface area contributed by atoms with E-state index in [2.05, 4.69) is 34.1 Å². The monoisotopic (exact) mass is 410 g/mol. The maximum absolute atomic E-state index is 5.26. The van der Waals surface area contributed by atoms with Gasteiger partial charge in [-0.3, -0.25) is 9.89 Å². The summed E-state index contributed by atoms with van der Waals surface area (Å²) in [6, 6.07) is 1.36. The van der Waals surface area contributed by atoms with Crippen LogP contribution in [0.3, 0.4) is 0 Å². The standard InChI is InChI=1S/C15H30N4O.HI/c1-12(18(3)14-5-6-14)9-17-15(16-2)19-8-7-13(10-19)11-20-4;/h12-14H,5-11H2,1-4H3,(H,16,17);1H. The molecule has 2 unspecified atom stereocenters. The van der Waals surface area contributed by atoms with Gasteiger partial charge >= 0.3 is 0 Å². The first-order valence-corrected chi connectivity index (χ1v) is 7.82. The molecule has 2 atom stereocenters. The van der Waals surface area contributed by atoms with E-state index < -0.39 is 0 Å². The van der Waals surface area contributed by atoms with Crippen molar-refractivity contribution in [2.75, 3.05) is 47.4 Å². The fraction of sp³-hybridized carbons (Fsp3) is 0.933. The number of nitrogens with zero attached hydrogens (tertiary/aromatic N) is 3. The van der Waals surface area contributed by atoms with Crippen LogP contribution in [0.4, 0.5) is 0 Å². The van der Waals surface area contributed by atoms with Crippen molar-refractivity contribution in [3.05, 3.63) is 0 Å². The average Bonchev–Trinajstić information content (AvgIpc) is 3.20. The van der Waals surface area contributed by atoms with Crippen molar-refractivity contribution in [1.82, 2.24) is 15.1 Å². The number of nitrogens with one attached hydrogen (secondary N) is 1. The zero-order chi connectivity index (χ0) is 14.5. The van der Waals surface area contributed by atoms with Gasteiger partial charge < -0.3 is 15.0 Å². The van der Waals surface area contributed by atoms with Gasteiger partial charge in [0.25, 0.3) is 0 Å². The molecule has 124 valence electrons. The van der Waals surface area contributed by atoms with E-state index in [1.807, 2.05) is 7.05 Å². The average molecular weight is 410 g/mol. The van der Waals surface area contributed by atoms with Crippen LogP contribution in [0.5, 0.6) is 0 Å². The smallest absolute Gasteiger partial charge is 0.193 e. The second-order valence-electron chi connectivity index (χ2n) is 6.23. The molecule has 21 heavy (non-hydrogen) atoms. The topological polar surface area (TPSA) is 40.1 Å². The molecule has 0 aromatic carbocycles. The van der Waals surface area contributed by atoms with Crippen LogP contribution in [0.25, 0.3) is 0 Å². The van der Waals surface area contributed by atoms with Gasteiger partial charge in [0.15, 0.2) is 5.96 Å². The van der Waals surface area contributed by atoms with E-state index in [0.717, 1.165) is 38.2 Å². The van der Waals surface area contributed by atoms with E-state index in [-0.39, 0.29) is 24.0 Å². The lowest BCUT2D eigenvalue weighted by molar-refractivity contribution is 0.157. The quantitative estimate of drug-likeness (QED) is 0.411. The summed E-state index contributed by atoms with van der Waals surface area (Å²) < 4.78 is 5.26. The Balaban J connectivity index is 0.00000220. The zero-order valence-electron chi connectivity index (χ0n) is 13.8. The Hall–Kier alpha value is -0.0800. The largest absolute Gasteiger partial charge is 0.384 e. The van der Waals surface area contributed by atoms with Gasteiger partial charge in [0.2, 0.25) is 0 Å². The summed E-state index contributed by atoms with van der Waals surface area (Å²) in [6.07, 6.45) is 3.92. The number of hydrogen-bond acceptors (Lipinski definition) is 3. The Labute approximate surface area is 146 Å². The number of guanidine groups is 1. The highest BCUT2D eigenvalue weighted by atomic mass is 127. The summed E-state index contributed by atoms with van der Waals surface area (Å²) in [7, 11) is 5.89. The first-order chi connectivity index (χ1) is 9.65. The summed E-state index contributed by atoms with van der Waals surface area (Å²) in [5.74, 6) is 1.68. The molecule has 0 spiro atoms. The Morgan fingerprint density at radius 3 is 2.71 bits per heavy atom. The fourth-order valence-corrected chi connectivity index (χ4v) is 2.95. The third kappa shape index (κ3) is 5.56. The van der Waals surface area contributed by atoms with Gasteiger partial charge in [0.05, 0.1) is 6.61 Å². The lowest BCUT2D eigenvalue weighted by atomic mass is 10.1. The number of halogens is 1. The van der Waals surface area contributed by atoms with Gasteiger partial charge in [-0.25, -0.2) is 0 Å². The van der Waals surface area contributed by atoms with Crippen LogP contribution in [-0.4, -0.2) is 75.3 Å². The Morgan fingerprint density at radius 2 is 2.14 bits per heavy atom. The van der Waals surface area contributed by atoms with E-state index >= 15 is 0 Å². The van der Waals surface area contributed by atoms with E-state index in [9.17, 15) is 0 Å². The molecule has 2 rings (SSSR count). The van der Waals surface area contributed by atoms with Crippen molar-refractivity contribution in [3.8, 4) is 0 Å². The van der Waals surface area contributed by atoms with Crippen LogP contribution >= 0.6 is 24.0 Å². The molecule has 2 fully saturated rings. The van der Waals surface area contributed by atoms with Crippen molar-refractivity contribution >= 4 is 29.9 Å². The predicted molar refractivity (Wildman–Crippen MR) is 98.6 cm³/mol. The lowest BCUT2D eigenvalue weighted by Gasteiger charge is -2.28. The van der Waals surface area contributed by atoms with E-state index in [1.165, 1.54) is 19.3 Å². The lowest BCUT2D eigenvalue weighted by Crippen LogP contribution is -2.46. The molecular formula is C15H31IN4O. The zero-order valence-corrected chi connectivity index (χ0v) is 16.2. The van der Waals surface area contributed by atoms with Crippen LogP contribution in [0.15, 0.2) is 4.99 Å². The Bertz CT molecular complexity index is 336. The summed E-state index contributed by atoms with van der Waals surface area (Å²) in [5, 5.41) is 3.53. The van der Waals surface area contributed by atoms with Gasteiger partial charge in [-0.15, -0.1) is 24.0 Å². The summed E-state index contributed by atoms with van der Waals surface area (Å²) in [6.45, 7) is 6.25. The predicted octanol–water partition coefficient (Wildman–Crippen LogP) is 1.63. The molecule has 1 N–H and O–H groups in total. The normalized spacial score (nSPS) is 24.1. The molecule has 2 aliphatic rings. The van der Waals surface area contributed by atoms with E-state index in [1.54, 1.807) is 7.11 Å². The molecule has 0 aromatic heterocycles. The summed E-state index contributed by atoms with van der Waals surface area (Å²) >= 11 is 0. The Morgan fingerprint density at radius 1 is 1.43 bits per heavy atom. The molecule has 1 heterocycles. The first kappa shape index (κ1) is 19.0. The minimum Gasteiger partial charge on any atom is -0.384 e. The number of likely N-dealkylation sites (N-methyl/N-ethyl adjacent to an activating group) is 1. The maximum atomic E-state index is 5.26. The summed E-state index contributed by atoms with van der Waals surface area (Å²) in [4.78, 5) is 9.27. The summed E-state index contributed by atoms with van der Waals surface area (Å²) in [5.41, 5.74) is 0. The fourth-order valence-electron chi connectivity index (χ4n) is 2.95. The molecule has 1 aliphatic heterocycles. The number of methoxy groups -OCH3 is 1. The molecule has 0 radical (unpaired) electrons. The molecule has 6 heteroatoms. The highest BCUT2D eigenvalue weighted by molar-refractivity contribution is 14.0. The third-order valence-corrected chi connectivity index (χ3v) is 4.57. The van der Waals surface area contributed by atoms with Gasteiger partial charge in [0, 0.05) is 51.8 Å². The molecule has 0 bridgehead atoms. The first-order valence-electron chi connectivity index (χ1n) is 7.82. The van der Waals surface area contributed by atoms with Gasteiger partial charge in [0.1, 0.15) is 0 Å². The molecular weight excluding hydrogens is 379 g/mol. The second-order valence-corrected chi connectivity index (χ2v) is 6.23. The molecule has 1 aliphatic carbocycles. The molecule has 1 saturated heterocycles. The third-order valence-electron chi connectivity index (χ3n) is 4.57. The molecule has 1 saturated carbocycles. The van der Waals surface area contributed by atoms with Crippen molar-refractivity contribution in [2.24, 2.45) is 10.9 Å². The van der Waals surface area contributed by atoms with Crippen molar-refractivity contribution in [1.29, 1.82) is 0 Å². The number of hydrogen-bond donors (Lipinski definition) is 1. The van der Waals surface area contributed by atoms with E-state index in [0.29, 0.717) is 12.0 Å². The minimum absolute atomic E-state index is 0. The van der Waals surface area contributed by atoms with Gasteiger partial charge in [-0.05, 0) is 33.2 Å². The van der Waals surface area contributed by atoms with Gasteiger partial charge in [-0.2, -0.15) is 0 Å². The van der Waals surface area contributed by atoms with Crippen molar-refractivity contribution < 1.29 is 4.74 Å². The number of likely N-dealkylation sites (tertiary alicyclic amines) is 1. The number of ether oxygens (including phenoxy) is 1. The number of aliphatic imine (C=N–C) groups is 1.